The first kappa shape index (κ1) is 24.3. The summed E-state index contributed by atoms with van der Waals surface area (Å²) in [7, 11) is 0. The summed E-state index contributed by atoms with van der Waals surface area (Å²) >= 11 is 0. The fraction of sp³-hybridized carbons (Fsp3) is 0.957. The van der Waals surface area contributed by atoms with Gasteiger partial charge in [0, 0.05) is 0 Å². The molecule has 0 spiro atoms. The minimum Gasteiger partial charge on any atom is -0.431 e. The number of rotatable bonds is 16. The lowest BCUT2D eigenvalue weighted by Gasteiger charge is -2.23. The molecule has 1 aliphatic heterocycles. The van der Waals surface area contributed by atoms with Gasteiger partial charge in [0.1, 0.15) is 6.10 Å². The Kier molecular flexibility index (Phi) is 15.6. The van der Waals surface area contributed by atoms with Crippen LogP contribution in [0.2, 0.25) is 0 Å². The van der Waals surface area contributed by atoms with Crippen LogP contribution >= 0.6 is 0 Å². The average Bonchev–Trinajstić information content (AvgIpc) is 2.66. The Morgan fingerprint density at radius 2 is 1.44 bits per heavy atom. The van der Waals surface area contributed by atoms with Crippen LogP contribution in [0.25, 0.3) is 0 Å². The summed E-state index contributed by atoms with van der Waals surface area (Å²) in [6, 6.07) is 0. The lowest BCUT2D eigenvalue weighted by molar-refractivity contribution is -0.0162. The predicted molar refractivity (Wildman–Crippen MR) is 113 cm³/mol. The van der Waals surface area contributed by atoms with Gasteiger partial charge in [-0.3, -0.25) is 5.32 Å². The Balaban J connectivity index is 1.82. The molecule has 0 aromatic rings. The van der Waals surface area contributed by atoms with Crippen LogP contribution in [0.5, 0.6) is 0 Å². The number of carbonyl (C=O) groups excluding carboxylic acids is 1. The Hall–Kier alpha value is -0.770. The Labute approximate surface area is 168 Å². The molecule has 2 unspecified atom stereocenters. The van der Waals surface area contributed by atoms with E-state index >= 15 is 0 Å². The molecule has 1 fully saturated rings. The molecule has 0 aliphatic carbocycles. The van der Waals surface area contributed by atoms with Gasteiger partial charge in [0.2, 0.25) is 0 Å². The third kappa shape index (κ3) is 14.9. The normalized spacial score (nSPS) is 18.2. The fourth-order valence-corrected chi connectivity index (χ4v) is 3.74. The van der Waals surface area contributed by atoms with E-state index in [9.17, 15) is 4.79 Å². The van der Waals surface area contributed by atoms with Gasteiger partial charge in [-0.15, -0.1) is 0 Å². The van der Waals surface area contributed by atoms with Gasteiger partial charge in [-0.2, -0.15) is 0 Å². The van der Waals surface area contributed by atoms with E-state index in [0.29, 0.717) is 0 Å². The van der Waals surface area contributed by atoms with Gasteiger partial charge < -0.3 is 9.47 Å². The zero-order valence-electron chi connectivity index (χ0n) is 18.1. The lowest BCUT2D eigenvalue weighted by atomic mass is 10.0. The van der Waals surface area contributed by atoms with E-state index in [1.807, 2.05) is 6.92 Å². The minimum atomic E-state index is -0.517. The van der Waals surface area contributed by atoms with Crippen molar-refractivity contribution in [1.29, 1.82) is 0 Å². The van der Waals surface area contributed by atoms with E-state index in [4.69, 9.17) is 9.47 Å². The second-order valence-electron chi connectivity index (χ2n) is 8.27. The van der Waals surface area contributed by atoms with Crippen LogP contribution in [0.4, 0.5) is 4.79 Å². The number of unbranched alkanes of at least 4 members (excludes halogenated alkanes) is 12. The van der Waals surface area contributed by atoms with Crippen molar-refractivity contribution in [2.75, 3.05) is 6.54 Å². The number of carbonyl (C=O) groups is 1. The quantitative estimate of drug-likeness (QED) is 0.228. The molecule has 1 aliphatic rings. The Morgan fingerprint density at radius 3 is 1.96 bits per heavy atom. The maximum Gasteiger partial charge on any atom is 0.510 e. The van der Waals surface area contributed by atoms with Crippen LogP contribution in [0.15, 0.2) is 0 Å². The van der Waals surface area contributed by atoms with Crippen molar-refractivity contribution in [1.82, 2.24) is 5.32 Å². The van der Waals surface area contributed by atoms with Crippen molar-refractivity contribution in [2.24, 2.45) is 0 Å². The first-order valence-electron chi connectivity index (χ1n) is 11.8. The molecule has 27 heavy (non-hydrogen) atoms. The van der Waals surface area contributed by atoms with E-state index in [0.717, 1.165) is 38.6 Å². The van der Waals surface area contributed by atoms with Crippen molar-refractivity contribution < 1.29 is 14.3 Å². The van der Waals surface area contributed by atoms with Crippen molar-refractivity contribution in [3.63, 3.8) is 0 Å². The first-order chi connectivity index (χ1) is 13.2. The standard InChI is InChI=1S/C23H45NO3/c1-3-4-5-6-7-8-9-10-11-12-13-14-15-18-21(2)26-23(25)27-22-19-16-17-20-24-22/h21-22,24H,3-20H2,1-2H3. The van der Waals surface area contributed by atoms with E-state index < -0.39 is 6.16 Å². The summed E-state index contributed by atoms with van der Waals surface area (Å²) in [6.07, 6.45) is 21.0. The van der Waals surface area contributed by atoms with Gasteiger partial charge in [-0.25, -0.2) is 4.79 Å². The second kappa shape index (κ2) is 17.3. The average molecular weight is 384 g/mol. The highest BCUT2D eigenvalue weighted by atomic mass is 16.7. The zero-order chi connectivity index (χ0) is 19.6. The maximum atomic E-state index is 11.8. The number of piperidine rings is 1. The highest BCUT2D eigenvalue weighted by molar-refractivity contribution is 5.60. The van der Waals surface area contributed by atoms with E-state index in [2.05, 4.69) is 12.2 Å². The van der Waals surface area contributed by atoms with Crippen LogP contribution in [0.3, 0.4) is 0 Å². The smallest absolute Gasteiger partial charge is 0.431 e. The molecule has 0 amide bonds. The van der Waals surface area contributed by atoms with Gasteiger partial charge in [0.05, 0.1) is 0 Å². The lowest BCUT2D eigenvalue weighted by Crippen LogP contribution is -2.38. The van der Waals surface area contributed by atoms with E-state index in [1.165, 1.54) is 77.0 Å². The fourth-order valence-electron chi connectivity index (χ4n) is 3.74. The molecule has 1 heterocycles. The number of ether oxygens (including phenoxy) is 2. The largest absolute Gasteiger partial charge is 0.510 e. The maximum absolute atomic E-state index is 11.8. The van der Waals surface area contributed by atoms with Crippen LogP contribution in [-0.4, -0.2) is 25.0 Å². The molecule has 0 aromatic carbocycles. The monoisotopic (exact) mass is 383 g/mol. The summed E-state index contributed by atoms with van der Waals surface area (Å²) < 4.78 is 10.7. The van der Waals surface area contributed by atoms with Gasteiger partial charge >= 0.3 is 6.16 Å². The molecular formula is C23H45NO3. The molecule has 1 rings (SSSR count). The molecule has 4 heteroatoms. The van der Waals surface area contributed by atoms with Gasteiger partial charge in [-0.1, -0.05) is 84.0 Å². The van der Waals surface area contributed by atoms with Crippen LogP contribution < -0.4 is 5.32 Å². The third-order valence-corrected chi connectivity index (χ3v) is 5.52. The number of nitrogens with one attached hydrogen (secondary N) is 1. The summed E-state index contributed by atoms with van der Waals surface area (Å²) in [4.78, 5) is 11.8. The molecule has 1 saturated heterocycles. The zero-order valence-corrected chi connectivity index (χ0v) is 18.1. The Bertz CT molecular complexity index is 343. The van der Waals surface area contributed by atoms with Crippen LogP contribution in [0.1, 0.15) is 123 Å². The molecule has 0 bridgehead atoms. The van der Waals surface area contributed by atoms with Crippen LogP contribution in [-0.2, 0) is 9.47 Å². The van der Waals surface area contributed by atoms with E-state index in [1.54, 1.807) is 0 Å². The summed E-state index contributed by atoms with van der Waals surface area (Å²) in [6.45, 7) is 5.17. The third-order valence-electron chi connectivity index (χ3n) is 5.52. The van der Waals surface area contributed by atoms with Gasteiger partial charge in [0.15, 0.2) is 6.23 Å². The molecule has 4 nitrogen and oxygen atoms in total. The highest BCUT2D eigenvalue weighted by Gasteiger charge is 2.19. The number of hydrogen-bond acceptors (Lipinski definition) is 4. The van der Waals surface area contributed by atoms with Crippen molar-refractivity contribution in [3.8, 4) is 0 Å². The van der Waals surface area contributed by atoms with Crippen molar-refractivity contribution in [2.45, 2.75) is 135 Å². The summed E-state index contributed by atoms with van der Waals surface area (Å²) in [5, 5.41) is 3.20. The predicted octanol–water partition coefficient (Wildman–Crippen LogP) is 7.11. The molecule has 1 N–H and O–H groups in total. The number of hydrogen-bond donors (Lipinski definition) is 1. The van der Waals surface area contributed by atoms with E-state index in [-0.39, 0.29) is 12.3 Å². The summed E-state index contributed by atoms with van der Waals surface area (Å²) in [5.74, 6) is 0. The molecular weight excluding hydrogens is 338 g/mol. The van der Waals surface area contributed by atoms with Gasteiger partial charge in [-0.05, 0) is 45.6 Å². The SMILES string of the molecule is CCCCCCCCCCCCCCCC(C)OC(=O)OC1CCCCN1. The second-order valence-corrected chi connectivity index (χ2v) is 8.27. The molecule has 0 saturated carbocycles. The molecule has 0 aromatic heterocycles. The van der Waals surface area contributed by atoms with Gasteiger partial charge in [0.25, 0.3) is 0 Å². The first-order valence-corrected chi connectivity index (χ1v) is 11.8. The van der Waals surface area contributed by atoms with Crippen molar-refractivity contribution >= 4 is 6.16 Å². The highest BCUT2D eigenvalue weighted by Crippen LogP contribution is 2.15. The Morgan fingerprint density at radius 1 is 0.889 bits per heavy atom. The summed E-state index contributed by atoms with van der Waals surface area (Å²) in [5.41, 5.74) is 0. The molecule has 0 radical (unpaired) electrons. The van der Waals surface area contributed by atoms with Crippen molar-refractivity contribution in [3.05, 3.63) is 0 Å². The minimum absolute atomic E-state index is 0.0474. The molecule has 160 valence electrons. The molecule has 2 atom stereocenters. The topological polar surface area (TPSA) is 47.6 Å². The van der Waals surface area contributed by atoms with Crippen LogP contribution in [0, 0.1) is 0 Å².